The van der Waals surface area contributed by atoms with Gasteiger partial charge in [-0.05, 0) is 36.2 Å². The van der Waals surface area contributed by atoms with Crippen LogP contribution >= 0.6 is 11.6 Å². The van der Waals surface area contributed by atoms with Gasteiger partial charge in [-0.15, -0.1) is 0 Å². The van der Waals surface area contributed by atoms with Crippen molar-refractivity contribution >= 4 is 23.0 Å². The summed E-state index contributed by atoms with van der Waals surface area (Å²) in [4.78, 5) is 10.0. The minimum atomic E-state index is -0.633. The van der Waals surface area contributed by atoms with Crippen LogP contribution < -0.4 is 5.32 Å². The van der Waals surface area contributed by atoms with Gasteiger partial charge in [-0.25, -0.2) is 4.39 Å². The van der Waals surface area contributed by atoms with Crippen LogP contribution in [-0.4, -0.2) is 4.92 Å². The number of nitro benzene ring substituents is 1. The molecular formula is C14H12ClFN2O2. The second kappa shape index (κ2) is 5.88. The van der Waals surface area contributed by atoms with Crippen LogP contribution in [0, 0.1) is 22.9 Å². The molecule has 0 atom stereocenters. The maximum atomic E-state index is 13.3. The number of aryl methyl sites for hydroxylation is 1. The molecule has 2 rings (SSSR count). The zero-order chi connectivity index (χ0) is 14.7. The van der Waals surface area contributed by atoms with E-state index in [0.717, 1.165) is 11.6 Å². The van der Waals surface area contributed by atoms with Gasteiger partial charge in [-0.3, -0.25) is 10.1 Å². The first-order valence-corrected chi connectivity index (χ1v) is 6.27. The van der Waals surface area contributed by atoms with Gasteiger partial charge in [-0.2, -0.15) is 0 Å². The number of anilines is 1. The molecule has 2 aromatic carbocycles. The van der Waals surface area contributed by atoms with E-state index >= 15 is 0 Å². The molecule has 104 valence electrons. The Morgan fingerprint density at radius 3 is 2.70 bits per heavy atom. The zero-order valence-electron chi connectivity index (χ0n) is 10.7. The molecule has 6 heteroatoms. The number of nitrogens with one attached hydrogen (secondary N) is 1. The van der Waals surface area contributed by atoms with Crippen LogP contribution in [0.4, 0.5) is 15.8 Å². The average Bonchev–Trinajstić information content (AvgIpc) is 2.37. The van der Waals surface area contributed by atoms with Gasteiger partial charge >= 0.3 is 0 Å². The van der Waals surface area contributed by atoms with Crippen molar-refractivity contribution in [3.05, 3.63) is 68.5 Å². The Hall–Kier alpha value is -2.14. The lowest BCUT2D eigenvalue weighted by Gasteiger charge is -2.09. The second-order valence-corrected chi connectivity index (χ2v) is 4.82. The summed E-state index contributed by atoms with van der Waals surface area (Å²) in [5, 5.41) is 14.2. The number of benzene rings is 2. The van der Waals surface area contributed by atoms with E-state index in [9.17, 15) is 14.5 Å². The standard InChI is InChI=1S/C14H12ClFN2O2/c1-9-2-3-14(13(15)4-9)17-8-10-5-11(16)7-12(6-10)18(19)20/h2-7,17H,8H2,1H3. The Bertz CT molecular complexity index is 662. The van der Waals surface area contributed by atoms with Crippen molar-refractivity contribution < 1.29 is 9.31 Å². The van der Waals surface area contributed by atoms with Gasteiger partial charge in [0.15, 0.2) is 0 Å². The van der Waals surface area contributed by atoms with Gasteiger partial charge in [0.2, 0.25) is 0 Å². The molecule has 0 unspecified atom stereocenters. The van der Waals surface area contributed by atoms with E-state index in [2.05, 4.69) is 5.32 Å². The monoisotopic (exact) mass is 294 g/mol. The average molecular weight is 295 g/mol. The molecule has 0 heterocycles. The van der Waals surface area contributed by atoms with E-state index in [1.807, 2.05) is 19.1 Å². The zero-order valence-corrected chi connectivity index (χ0v) is 11.4. The molecule has 0 spiro atoms. The number of nitrogens with zero attached hydrogens (tertiary/aromatic N) is 1. The van der Waals surface area contributed by atoms with Gasteiger partial charge in [-0.1, -0.05) is 17.7 Å². The molecule has 0 fully saturated rings. The Labute approximate surface area is 120 Å². The molecule has 0 aliphatic heterocycles. The highest BCUT2D eigenvalue weighted by Crippen LogP contribution is 2.24. The lowest BCUT2D eigenvalue weighted by atomic mass is 10.2. The minimum absolute atomic E-state index is 0.251. The first-order chi connectivity index (χ1) is 9.45. The molecule has 0 aromatic heterocycles. The predicted molar refractivity (Wildman–Crippen MR) is 76.6 cm³/mol. The third-order valence-corrected chi connectivity index (χ3v) is 3.07. The van der Waals surface area contributed by atoms with Crippen molar-refractivity contribution in [2.24, 2.45) is 0 Å². The fraction of sp³-hybridized carbons (Fsp3) is 0.143. The Morgan fingerprint density at radius 1 is 1.30 bits per heavy atom. The first kappa shape index (κ1) is 14.3. The number of non-ortho nitro benzene ring substituents is 1. The van der Waals surface area contributed by atoms with Gasteiger partial charge in [0.1, 0.15) is 5.82 Å². The maximum absolute atomic E-state index is 13.3. The Balaban J connectivity index is 2.16. The lowest BCUT2D eigenvalue weighted by Crippen LogP contribution is -2.01. The quantitative estimate of drug-likeness (QED) is 0.675. The van der Waals surface area contributed by atoms with Crippen LogP contribution in [0.15, 0.2) is 36.4 Å². The predicted octanol–water partition coefficient (Wildman–Crippen LogP) is 4.31. The molecule has 0 aliphatic rings. The maximum Gasteiger partial charge on any atom is 0.272 e. The summed E-state index contributed by atoms with van der Waals surface area (Å²) in [7, 11) is 0. The normalized spacial score (nSPS) is 10.3. The summed E-state index contributed by atoms with van der Waals surface area (Å²) >= 11 is 6.06. The summed E-state index contributed by atoms with van der Waals surface area (Å²) in [6, 6.07) is 8.98. The summed E-state index contributed by atoms with van der Waals surface area (Å²) in [6.07, 6.45) is 0. The molecule has 0 bridgehead atoms. The molecule has 2 aromatic rings. The van der Waals surface area contributed by atoms with Crippen LogP contribution in [0.2, 0.25) is 5.02 Å². The third-order valence-electron chi connectivity index (χ3n) is 2.76. The molecule has 0 radical (unpaired) electrons. The number of nitro groups is 1. The molecule has 1 N–H and O–H groups in total. The van der Waals surface area contributed by atoms with Crippen molar-refractivity contribution in [3.8, 4) is 0 Å². The second-order valence-electron chi connectivity index (χ2n) is 4.41. The molecular weight excluding hydrogens is 283 g/mol. The lowest BCUT2D eigenvalue weighted by molar-refractivity contribution is -0.385. The molecule has 0 aliphatic carbocycles. The Kier molecular flexibility index (Phi) is 4.20. The van der Waals surface area contributed by atoms with Crippen molar-refractivity contribution in [1.29, 1.82) is 0 Å². The van der Waals surface area contributed by atoms with Crippen LogP contribution in [0.5, 0.6) is 0 Å². The molecule has 0 amide bonds. The third kappa shape index (κ3) is 3.45. The van der Waals surface area contributed by atoms with Crippen molar-refractivity contribution in [2.45, 2.75) is 13.5 Å². The summed E-state index contributed by atoms with van der Waals surface area (Å²) in [6.45, 7) is 2.17. The van der Waals surface area contributed by atoms with Crippen LogP contribution in [0.25, 0.3) is 0 Å². The van der Waals surface area contributed by atoms with E-state index in [4.69, 9.17) is 11.6 Å². The van der Waals surface area contributed by atoms with E-state index in [1.54, 1.807) is 6.07 Å². The van der Waals surface area contributed by atoms with Crippen molar-refractivity contribution in [2.75, 3.05) is 5.32 Å². The molecule has 0 saturated heterocycles. The first-order valence-electron chi connectivity index (χ1n) is 5.89. The van der Waals surface area contributed by atoms with Crippen molar-refractivity contribution in [3.63, 3.8) is 0 Å². The highest BCUT2D eigenvalue weighted by Gasteiger charge is 2.10. The number of hydrogen-bond acceptors (Lipinski definition) is 3. The van der Waals surface area contributed by atoms with E-state index in [-0.39, 0.29) is 12.2 Å². The smallest absolute Gasteiger partial charge is 0.272 e. The van der Waals surface area contributed by atoms with Crippen LogP contribution in [0.1, 0.15) is 11.1 Å². The number of hydrogen-bond donors (Lipinski definition) is 1. The fourth-order valence-electron chi connectivity index (χ4n) is 1.80. The molecule has 4 nitrogen and oxygen atoms in total. The summed E-state index contributed by atoms with van der Waals surface area (Å²) in [5.41, 5.74) is 1.94. The fourth-order valence-corrected chi connectivity index (χ4v) is 2.10. The summed E-state index contributed by atoms with van der Waals surface area (Å²) in [5.74, 6) is -0.633. The van der Waals surface area contributed by atoms with Gasteiger partial charge < -0.3 is 5.32 Å². The minimum Gasteiger partial charge on any atom is -0.380 e. The Morgan fingerprint density at radius 2 is 2.05 bits per heavy atom. The number of rotatable bonds is 4. The summed E-state index contributed by atoms with van der Waals surface area (Å²) < 4.78 is 13.3. The number of halogens is 2. The SMILES string of the molecule is Cc1ccc(NCc2cc(F)cc([N+](=O)[O-])c2)c(Cl)c1. The topological polar surface area (TPSA) is 55.2 Å². The van der Waals surface area contributed by atoms with Crippen molar-refractivity contribution in [1.82, 2.24) is 0 Å². The highest BCUT2D eigenvalue weighted by atomic mass is 35.5. The highest BCUT2D eigenvalue weighted by molar-refractivity contribution is 6.33. The molecule has 20 heavy (non-hydrogen) atoms. The van der Waals surface area contributed by atoms with Crippen LogP contribution in [0.3, 0.4) is 0 Å². The largest absolute Gasteiger partial charge is 0.380 e. The van der Waals surface area contributed by atoms with E-state index in [1.165, 1.54) is 12.1 Å². The van der Waals surface area contributed by atoms with E-state index < -0.39 is 10.7 Å². The van der Waals surface area contributed by atoms with Gasteiger partial charge in [0.05, 0.1) is 21.7 Å². The molecule has 0 saturated carbocycles. The van der Waals surface area contributed by atoms with Gasteiger partial charge in [0.25, 0.3) is 5.69 Å². The van der Waals surface area contributed by atoms with E-state index in [0.29, 0.717) is 16.3 Å². The van der Waals surface area contributed by atoms with Gasteiger partial charge in [0, 0.05) is 12.6 Å². The van der Waals surface area contributed by atoms with Crippen LogP contribution in [-0.2, 0) is 6.54 Å².